The van der Waals surface area contributed by atoms with Crippen LogP contribution in [0.2, 0.25) is 10.0 Å². The number of nitrogens with one attached hydrogen (secondary N) is 1. The fraction of sp³-hybridized carbons (Fsp3) is 0.333. The van der Waals surface area contributed by atoms with Crippen molar-refractivity contribution in [2.45, 2.75) is 52.2 Å². The van der Waals surface area contributed by atoms with Gasteiger partial charge in [-0.1, -0.05) is 96.4 Å². The summed E-state index contributed by atoms with van der Waals surface area (Å²) < 4.78 is 26.7. The van der Waals surface area contributed by atoms with Crippen molar-refractivity contribution in [2.75, 3.05) is 17.1 Å². The quantitative estimate of drug-likeness (QED) is 0.291. The lowest BCUT2D eigenvalue weighted by Crippen LogP contribution is -2.54. The van der Waals surface area contributed by atoms with E-state index < -0.39 is 28.5 Å². The lowest BCUT2D eigenvalue weighted by molar-refractivity contribution is -0.140. The smallest absolute Gasteiger partial charge is 0.244 e. The van der Waals surface area contributed by atoms with E-state index in [1.165, 1.54) is 17.0 Å². The Hall–Kier alpha value is -3.07. The lowest BCUT2D eigenvalue weighted by Gasteiger charge is -2.34. The van der Waals surface area contributed by atoms with Gasteiger partial charge in [-0.3, -0.25) is 13.9 Å². The number of nitrogens with zero attached hydrogens (tertiary/aromatic N) is 2. The van der Waals surface area contributed by atoms with E-state index >= 15 is 0 Å². The van der Waals surface area contributed by atoms with Crippen molar-refractivity contribution >= 4 is 50.7 Å². The first-order chi connectivity index (χ1) is 18.9. The van der Waals surface area contributed by atoms with Gasteiger partial charge in [-0.15, -0.1) is 0 Å². The van der Waals surface area contributed by atoms with Crippen LogP contribution in [0.15, 0.2) is 72.8 Å². The molecular weight excluding hydrogens is 569 g/mol. The monoisotopic (exact) mass is 603 g/mol. The average molecular weight is 605 g/mol. The summed E-state index contributed by atoms with van der Waals surface area (Å²) in [6, 6.07) is 20.6. The molecule has 10 heteroatoms. The predicted octanol–water partition coefficient (Wildman–Crippen LogP) is 5.62. The van der Waals surface area contributed by atoms with Gasteiger partial charge in [-0.25, -0.2) is 8.42 Å². The molecule has 0 spiro atoms. The number of rotatable bonds is 12. The van der Waals surface area contributed by atoms with Gasteiger partial charge in [0.1, 0.15) is 12.6 Å². The number of hydrogen-bond donors (Lipinski definition) is 1. The fourth-order valence-electron chi connectivity index (χ4n) is 4.17. The normalized spacial score (nSPS) is 12.8. The molecule has 0 bridgehead atoms. The van der Waals surface area contributed by atoms with Gasteiger partial charge in [-0.2, -0.15) is 0 Å². The van der Waals surface area contributed by atoms with E-state index in [4.69, 9.17) is 23.2 Å². The van der Waals surface area contributed by atoms with Gasteiger partial charge >= 0.3 is 0 Å². The molecule has 0 aromatic heterocycles. The number of anilines is 1. The Bertz CT molecular complexity index is 1420. The third-order valence-corrected chi connectivity index (χ3v) is 8.56. The first-order valence-electron chi connectivity index (χ1n) is 13.0. The molecule has 0 aliphatic heterocycles. The van der Waals surface area contributed by atoms with Gasteiger partial charge in [0.2, 0.25) is 21.8 Å². The molecule has 2 amide bonds. The summed E-state index contributed by atoms with van der Waals surface area (Å²) in [4.78, 5) is 29.2. The largest absolute Gasteiger partial charge is 0.352 e. The Kier molecular flexibility index (Phi) is 11.0. The Morgan fingerprint density at radius 1 is 0.925 bits per heavy atom. The van der Waals surface area contributed by atoms with Gasteiger partial charge in [0.15, 0.2) is 0 Å². The molecule has 0 aliphatic rings. The highest BCUT2D eigenvalue weighted by molar-refractivity contribution is 7.92. The summed E-state index contributed by atoms with van der Waals surface area (Å²) in [6.07, 6.45) is 1.96. The third kappa shape index (κ3) is 8.46. The van der Waals surface area contributed by atoms with Crippen LogP contribution < -0.4 is 9.62 Å². The minimum atomic E-state index is -3.95. The summed E-state index contributed by atoms with van der Waals surface area (Å²) in [5.41, 5.74) is 2.81. The van der Waals surface area contributed by atoms with Crippen LogP contribution in [0.4, 0.5) is 5.69 Å². The molecule has 0 aliphatic carbocycles. The zero-order chi connectivity index (χ0) is 29.4. The molecule has 0 unspecified atom stereocenters. The number of sulfonamides is 1. The molecule has 7 nitrogen and oxygen atoms in total. The van der Waals surface area contributed by atoms with Crippen LogP contribution in [-0.2, 0) is 32.6 Å². The second-order valence-corrected chi connectivity index (χ2v) is 12.6. The molecule has 40 heavy (non-hydrogen) atoms. The molecule has 0 saturated heterocycles. The van der Waals surface area contributed by atoms with Crippen molar-refractivity contribution in [3.05, 3.63) is 99.5 Å². The summed E-state index contributed by atoms with van der Waals surface area (Å²) in [6.45, 7) is 5.36. The molecule has 1 N–H and O–H groups in total. The van der Waals surface area contributed by atoms with Crippen LogP contribution >= 0.6 is 23.2 Å². The molecule has 214 valence electrons. The van der Waals surface area contributed by atoms with Crippen molar-refractivity contribution in [1.82, 2.24) is 10.2 Å². The van der Waals surface area contributed by atoms with Gasteiger partial charge in [0.25, 0.3) is 0 Å². The van der Waals surface area contributed by atoms with E-state index in [1.807, 2.05) is 75.4 Å². The van der Waals surface area contributed by atoms with E-state index in [0.29, 0.717) is 6.42 Å². The van der Waals surface area contributed by atoms with Gasteiger partial charge in [-0.05, 0) is 43.5 Å². The number of carbonyl (C=O) groups is 2. The van der Waals surface area contributed by atoms with Crippen LogP contribution in [0.5, 0.6) is 0 Å². The summed E-state index contributed by atoms with van der Waals surface area (Å²) in [5.74, 6) is -0.868. The van der Waals surface area contributed by atoms with Crippen LogP contribution in [0.3, 0.4) is 0 Å². The van der Waals surface area contributed by atoms with Crippen LogP contribution in [0, 0.1) is 6.92 Å². The van der Waals surface area contributed by atoms with E-state index in [2.05, 4.69) is 5.32 Å². The second-order valence-electron chi connectivity index (χ2n) is 9.87. The van der Waals surface area contributed by atoms with Crippen molar-refractivity contribution in [3.63, 3.8) is 0 Å². The van der Waals surface area contributed by atoms with E-state index in [9.17, 15) is 18.0 Å². The molecular formula is C30H35Cl2N3O4S. The number of hydrogen-bond acceptors (Lipinski definition) is 4. The molecule has 0 saturated carbocycles. The maximum absolute atomic E-state index is 14.1. The topological polar surface area (TPSA) is 86.8 Å². The predicted molar refractivity (Wildman–Crippen MR) is 162 cm³/mol. The summed E-state index contributed by atoms with van der Waals surface area (Å²) >= 11 is 12.5. The number of carbonyl (C=O) groups excluding carboxylic acids is 2. The summed E-state index contributed by atoms with van der Waals surface area (Å²) in [5, 5.41) is 3.18. The standard InChI is InChI=1S/C30H35Cl2N3O4S/c1-5-22(3)33-30(37)27(18-23-10-7-6-8-11-23)34(19-24-16-14-21(2)15-17-24)28(36)20-35(40(4,38)39)26-13-9-12-25(31)29(26)32/h6-17,22,27H,5,18-20H2,1-4H3,(H,33,37)/t22-,27-/m0/s1. The Balaban J connectivity index is 2.08. The van der Waals surface area contributed by atoms with Crippen molar-refractivity contribution in [1.29, 1.82) is 0 Å². The average Bonchev–Trinajstić information content (AvgIpc) is 2.91. The maximum atomic E-state index is 14.1. The molecule has 3 rings (SSSR count). The number of aryl methyl sites for hydroxylation is 1. The second kappa shape index (κ2) is 14.0. The number of amides is 2. The Morgan fingerprint density at radius 2 is 1.57 bits per heavy atom. The fourth-order valence-corrected chi connectivity index (χ4v) is 5.47. The lowest BCUT2D eigenvalue weighted by atomic mass is 10.0. The number of halogens is 2. The van der Waals surface area contributed by atoms with Crippen molar-refractivity contribution < 1.29 is 18.0 Å². The van der Waals surface area contributed by atoms with Gasteiger partial charge in [0, 0.05) is 19.0 Å². The van der Waals surface area contributed by atoms with Crippen LogP contribution in [0.25, 0.3) is 0 Å². The number of benzene rings is 3. The molecule has 0 heterocycles. The minimum Gasteiger partial charge on any atom is -0.352 e. The van der Waals surface area contributed by atoms with Gasteiger partial charge in [0.05, 0.1) is 22.0 Å². The minimum absolute atomic E-state index is 0.0165. The molecule has 3 aromatic rings. The molecule has 0 fully saturated rings. The maximum Gasteiger partial charge on any atom is 0.244 e. The van der Waals surface area contributed by atoms with Gasteiger partial charge < -0.3 is 10.2 Å². The van der Waals surface area contributed by atoms with Crippen molar-refractivity contribution in [2.24, 2.45) is 0 Å². The Morgan fingerprint density at radius 3 is 2.17 bits per heavy atom. The highest BCUT2D eigenvalue weighted by atomic mass is 35.5. The molecule has 2 atom stereocenters. The highest BCUT2D eigenvalue weighted by Crippen LogP contribution is 2.34. The summed E-state index contributed by atoms with van der Waals surface area (Å²) in [7, 11) is -3.95. The molecule has 0 radical (unpaired) electrons. The molecule has 3 aromatic carbocycles. The SMILES string of the molecule is CC[C@H](C)NC(=O)[C@H](Cc1ccccc1)N(Cc1ccc(C)cc1)C(=O)CN(c1cccc(Cl)c1Cl)S(C)(=O)=O. The highest BCUT2D eigenvalue weighted by Gasteiger charge is 2.34. The van der Waals surface area contributed by atoms with E-state index in [1.54, 1.807) is 6.07 Å². The Labute approximate surface area is 247 Å². The van der Waals surface area contributed by atoms with Crippen LogP contribution in [0.1, 0.15) is 37.0 Å². The first-order valence-corrected chi connectivity index (χ1v) is 15.6. The first kappa shape index (κ1) is 31.5. The van der Waals surface area contributed by atoms with Crippen LogP contribution in [-0.4, -0.2) is 50.0 Å². The van der Waals surface area contributed by atoms with E-state index in [-0.39, 0.29) is 40.6 Å². The van der Waals surface area contributed by atoms with Crippen molar-refractivity contribution in [3.8, 4) is 0 Å². The van der Waals surface area contributed by atoms with E-state index in [0.717, 1.165) is 27.3 Å². The third-order valence-electron chi connectivity index (χ3n) is 6.62. The zero-order valence-electron chi connectivity index (χ0n) is 23.1. The zero-order valence-corrected chi connectivity index (χ0v) is 25.4.